The molecule has 16 heavy (non-hydrogen) atoms. The number of amides is 2. The molecule has 5 nitrogen and oxygen atoms in total. The zero-order chi connectivity index (χ0) is 11.4. The number of nitrogens with zero attached hydrogens (tertiary/aromatic N) is 1. The standard InChI is InChI=1S/C10H16N2O3S/c13-9(5-12-7-16-6-10(12)14)11-4-8-2-1-3-15-8/h8H,1-7H2,(H,11,13)/t8-/m1/s1. The van der Waals surface area contributed by atoms with Crippen LogP contribution in [0, 0.1) is 0 Å². The van der Waals surface area contributed by atoms with Crippen LogP contribution in [0.3, 0.4) is 0 Å². The van der Waals surface area contributed by atoms with Crippen LogP contribution < -0.4 is 5.32 Å². The fourth-order valence-corrected chi connectivity index (χ4v) is 2.71. The van der Waals surface area contributed by atoms with Crippen molar-refractivity contribution in [2.24, 2.45) is 0 Å². The van der Waals surface area contributed by atoms with Gasteiger partial charge in [0.1, 0.15) is 6.54 Å². The first-order valence-electron chi connectivity index (χ1n) is 5.49. The minimum atomic E-state index is -0.0913. The van der Waals surface area contributed by atoms with Gasteiger partial charge in [0.05, 0.1) is 17.7 Å². The Labute approximate surface area is 98.9 Å². The van der Waals surface area contributed by atoms with E-state index in [2.05, 4.69) is 5.32 Å². The van der Waals surface area contributed by atoms with Crippen molar-refractivity contribution in [1.82, 2.24) is 10.2 Å². The third-order valence-corrected chi connectivity index (χ3v) is 3.66. The molecule has 0 spiro atoms. The lowest BCUT2D eigenvalue weighted by Crippen LogP contribution is -2.40. The van der Waals surface area contributed by atoms with Crippen molar-refractivity contribution in [3.05, 3.63) is 0 Å². The normalized spacial score (nSPS) is 25.1. The monoisotopic (exact) mass is 244 g/mol. The highest BCUT2D eigenvalue weighted by Crippen LogP contribution is 2.14. The van der Waals surface area contributed by atoms with Crippen LogP contribution in [0.4, 0.5) is 0 Å². The Kier molecular flexibility index (Phi) is 4.06. The van der Waals surface area contributed by atoms with Crippen LogP contribution in [0.25, 0.3) is 0 Å². The maximum absolute atomic E-state index is 11.5. The van der Waals surface area contributed by atoms with Gasteiger partial charge in [-0.2, -0.15) is 0 Å². The molecule has 0 aliphatic carbocycles. The van der Waals surface area contributed by atoms with Crippen LogP contribution in [0.5, 0.6) is 0 Å². The lowest BCUT2D eigenvalue weighted by Gasteiger charge is -2.15. The third-order valence-electron chi connectivity index (χ3n) is 2.71. The van der Waals surface area contributed by atoms with Gasteiger partial charge >= 0.3 is 0 Å². The van der Waals surface area contributed by atoms with Crippen LogP contribution in [0.2, 0.25) is 0 Å². The molecular weight excluding hydrogens is 228 g/mol. The van der Waals surface area contributed by atoms with Crippen LogP contribution in [-0.2, 0) is 14.3 Å². The third kappa shape index (κ3) is 3.12. The molecule has 90 valence electrons. The number of hydrogen-bond acceptors (Lipinski definition) is 4. The maximum Gasteiger partial charge on any atom is 0.239 e. The summed E-state index contributed by atoms with van der Waals surface area (Å²) in [7, 11) is 0. The predicted octanol–water partition coefficient (Wildman–Crippen LogP) is -0.185. The quantitative estimate of drug-likeness (QED) is 0.745. The highest BCUT2D eigenvalue weighted by atomic mass is 32.2. The van der Waals surface area contributed by atoms with Gasteiger partial charge in [-0.15, -0.1) is 11.8 Å². The van der Waals surface area contributed by atoms with Crippen molar-refractivity contribution in [3.63, 3.8) is 0 Å². The Hall–Kier alpha value is -0.750. The van der Waals surface area contributed by atoms with Crippen LogP contribution in [0.15, 0.2) is 0 Å². The molecule has 2 aliphatic heterocycles. The second-order valence-corrected chi connectivity index (χ2v) is 4.96. The van der Waals surface area contributed by atoms with E-state index in [9.17, 15) is 9.59 Å². The van der Waals surface area contributed by atoms with Gasteiger partial charge in [-0.1, -0.05) is 0 Å². The van der Waals surface area contributed by atoms with Crippen molar-refractivity contribution >= 4 is 23.6 Å². The smallest absolute Gasteiger partial charge is 0.239 e. The molecule has 6 heteroatoms. The second-order valence-electron chi connectivity index (χ2n) is 4.01. The number of carbonyl (C=O) groups excluding carboxylic acids is 2. The van der Waals surface area contributed by atoms with Gasteiger partial charge in [-0.25, -0.2) is 0 Å². The Balaban J connectivity index is 1.65. The van der Waals surface area contributed by atoms with Gasteiger partial charge in [0.25, 0.3) is 0 Å². The first kappa shape index (κ1) is 11.7. The molecular formula is C10H16N2O3S. The largest absolute Gasteiger partial charge is 0.376 e. The summed E-state index contributed by atoms with van der Waals surface area (Å²) in [6.07, 6.45) is 2.24. The molecule has 0 saturated carbocycles. The number of ether oxygens (including phenoxy) is 1. The highest BCUT2D eigenvalue weighted by Gasteiger charge is 2.23. The molecule has 0 aromatic carbocycles. The van der Waals surface area contributed by atoms with Gasteiger partial charge in [0.15, 0.2) is 0 Å². The SMILES string of the molecule is O=C(CN1CSCC1=O)NC[C@H]1CCCO1. The minimum Gasteiger partial charge on any atom is -0.376 e. The minimum absolute atomic E-state index is 0.0530. The van der Waals surface area contributed by atoms with E-state index in [1.165, 1.54) is 0 Å². The molecule has 2 saturated heterocycles. The molecule has 0 aromatic rings. The van der Waals surface area contributed by atoms with Gasteiger partial charge < -0.3 is 15.0 Å². The van der Waals surface area contributed by atoms with E-state index >= 15 is 0 Å². The zero-order valence-corrected chi connectivity index (χ0v) is 9.92. The average molecular weight is 244 g/mol. The summed E-state index contributed by atoms with van der Waals surface area (Å²) in [4.78, 5) is 24.4. The molecule has 0 radical (unpaired) electrons. The van der Waals surface area contributed by atoms with Crippen LogP contribution >= 0.6 is 11.8 Å². The molecule has 2 rings (SSSR count). The summed E-state index contributed by atoms with van der Waals surface area (Å²) in [5, 5.41) is 2.80. The molecule has 2 aliphatic rings. The second kappa shape index (κ2) is 5.54. The summed E-state index contributed by atoms with van der Waals surface area (Å²) >= 11 is 1.55. The fourth-order valence-electron chi connectivity index (χ4n) is 1.80. The summed E-state index contributed by atoms with van der Waals surface area (Å²) in [6.45, 7) is 1.54. The Morgan fingerprint density at radius 3 is 3.12 bits per heavy atom. The lowest BCUT2D eigenvalue weighted by molar-refractivity contribution is -0.132. The first-order valence-corrected chi connectivity index (χ1v) is 6.65. The van der Waals surface area contributed by atoms with Crippen molar-refractivity contribution in [2.75, 3.05) is 31.3 Å². The van der Waals surface area contributed by atoms with Crippen molar-refractivity contribution < 1.29 is 14.3 Å². The summed E-state index contributed by atoms with van der Waals surface area (Å²) in [5.41, 5.74) is 0. The zero-order valence-electron chi connectivity index (χ0n) is 9.11. The molecule has 0 bridgehead atoms. The van der Waals surface area contributed by atoms with Gasteiger partial charge in [0.2, 0.25) is 11.8 Å². The predicted molar refractivity (Wildman–Crippen MR) is 61.0 cm³/mol. The van der Waals surface area contributed by atoms with Crippen molar-refractivity contribution in [3.8, 4) is 0 Å². The molecule has 0 aromatic heterocycles. The number of hydrogen-bond donors (Lipinski definition) is 1. The van der Waals surface area contributed by atoms with E-state index in [1.807, 2.05) is 0 Å². The molecule has 2 heterocycles. The maximum atomic E-state index is 11.5. The Morgan fingerprint density at radius 2 is 2.50 bits per heavy atom. The lowest BCUT2D eigenvalue weighted by atomic mass is 10.2. The Bertz CT molecular complexity index is 279. The summed E-state index contributed by atoms with van der Waals surface area (Å²) in [6, 6.07) is 0. The molecule has 0 unspecified atom stereocenters. The molecule has 1 atom stereocenters. The summed E-state index contributed by atoms with van der Waals surface area (Å²) < 4.78 is 5.40. The van der Waals surface area contributed by atoms with E-state index in [-0.39, 0.29) is 24.5 Å². The first-order chi connectivity index (χ1) is 7.75. The topological polar surface area (TPSA) is 58.6 Å². The number of nitrogens with one attached hydrogen (secondary N) is 1. The van der Waals surface area contributed by atoms with Crippen molar-refractivity contribution in [2.45, 2.75) is 18.9 Å². The Morgan fingerprint density at radius 1 is 1.62 bits per heavy atom. The summed E-state index contributed by atoms with van der Waals surface area (Å²) in [5.74, 6) is 1.09. The number of carbonyl (C=O) groups is 2. The van der Waals surface area contributed by atoms with E-state index < -0.39 is 0 Å². The van der Waals surface area contributed by atoms with Crippen molar-refractivity contribution in [1.29, 1.82) is 0 Å². The van der Waals surface area contributed by atoms with Gasteiger partial charge in [0, 0.05) is 13.2 Å². The fraction of sp³-hybridized carbons (Fsp3) is 0.800. The van der Waals surface area contributed by atoms with E-state index in [0.29, 0.717) is 18.2 Å². The van der Waals surface area contributed by atoms with E-state index in [1.54, 1.807) is 16.7 Å². The van der Waals surface area contributed by atoms with Crippen LogP contribution in [-0.4, -0.2) is 54.1 Å². The van der Waals surface area contributed by atoms with E-state index in [0.717, 1.165) is 19.4 Å². The van der Waals surface area contributed by atoms with Gasteiger partial charge in [-0.3, -0.25) is 9.59 Å². The van der Waals surface area contributed by atoms with Gasteiger partial charge in [-0.05, 0) is 12.8 Å². The number of thioether (sulfide) groups is 1. The molecule has 2 amide bonds. The molecule has 2 fully saturated rings. The number of rotatable bonds is 4. The van der Waals surface area contributed by atoms with Crippen LogP contribution in [0.1, 0.15) is 12.8 Å². The average Bonchev–Trinajstić information content (AvgIpc) is 2.88. The highest BCUT2D eigenvalue weighted by molar-refractivity contribution is 8.00. The van der Waals surface area contributed by atoms with E-state index in [4.69, 9.17) is 4.74 Å². The molecule has 1 N–H and O–H groups in total.